The molecule has 3 fully saturated rings. The fraction of sp³-hybridized carbons (Fsp3) is 0.714. The van der Waals surface area contributed by atoms with Crippen LogP contribution in [-0.4, -0.2) is 19.3 Å². The molecule has 1 heterocycles. The lowest BCUT2D eigenvalue weighted by Gasteiger charge is -2.41. The molecule has 3 aliphatic rings. The van der Waals surface area contributed by atoms with E-state index in [4.69, 9.17) is 9.47 Å². The molecule has 2 atom stereocenters. The Morgan fingerprint density at radius 3 is 2.19 bits per heavy atom. The first-order valence-electron chi connectivity index (χ1n) is 13.0. The second-order valence-corrected chi connectivity index (χ2v) is 10.2. The van der Waals surface area contributed by atoms with Gasteiger partial charge in [0.2, 0.25) is 5.82 Å². The standard InChI is InChI=1S/C28H40F2O2/c1-3-5-19-6-8-20(9-7-19)23-14-16-25(32-18-23)22-12-10-21(11-13-22)24-15-17-26(31-4-2)28(30)27(24)29/h3,5,15,17,19-23,25H,4,6-14,16,18H2,1-2H3. The maximum atomic E-state index is 14.6. The van der Waals surface area contributed by atoms with E-state index >= 15 is 0 Å². The summed E-state index contributed by atoms with van der Waals surface area (Å²) in [7, 11) is 0. The van der Waals surface area contributed by atoms with Crippen molar-refractivity contribution >= 4 is 0 Å². The van der Waals surface area contributed by atoms with Crippen molar-refractivity contribution in [3.05, 3.63) is 41.5 Å². The molecule has 0 amide bonds. The average molecular weight is 447 g/mol. The molecule has 32 heavy (non-hydrogen) atoms. The highest BCUT2D eigenvalue weighted by molar-refractivity contribution is 5.33. The van der Waals surface area contributed by atoms with Gasteiger partial charge >= 0.3 is 0 Å². The minimum absolute atomic E-state index is 0.0166. The van der Waals surface area contributed by atoms with Crippen LogP contribution in [0.3, 0.4) is 0 Å². The van der Waals surface area contributed by atoms with Crippen LogP contribution in [0.15, 0.2) is 24.3 Å². The summed E-state index contributed by atoms with van der Waals surface area (Å²) >= 11 is 0. The van der Waals surface area contributed by atoms with Gasteiger partial charge in [-0.15, -0.1) is 0 Å². The Morgan fingerprint density at radius 1 is 0.875 bits per heavy atom. The maximum Gasteiger partial charge on any atom is 0.200 e. The summed E-state index contributed by atoms with van der Waals surface area (Å²) in [6.07, 6.45) is 16.7. The van der Waals surface area contributed by atoms with Crippen LogP contribution in [0.4, 0.5) is 8.78 Å². The van der Waals surface area contributed by atoms with Gasteiger partial charge < -0.3 is 9.47 Å². The second-order valence-electron chi connectivity index (χ2n) is 10.2. The summed E-state index contributed by atoms with van der Waals surface area (Å²) < 4.78 is 40.5. The molecule has 0 radical (unpaired) electrons. The third-order valence-electron chi connectivity index (χ3n) is 8.41. The first-order chi connectivity index (χ1) is 15.6. The number of hydrogen-bond donors (Lipinski definition) is 0. The summed E-state index contributed by atoms with van der Waals surface area (Å²) in [5.41, 5.74) is 0.516. The Labute approximate surface area is 192 Å². The molecule has 178 valence electrons. The van der Waals surface area contributed by atoms with Gasteiger partial charge in [-0.25, -0.2) is 4.39 Å². The first kappa shape index (κ1) is 23.7. The summed E-state index contributed by atoms with van der Waals surface area (Å²) in [5.74, 6) is 1.47. The third-order valence-corrected chi connectivity index (χ3v) is 8.41. The Bertz CT molecular complexity index is 753. The summed E-state index contributed by atoms with van der Waals surface area (Å²) in [4.78, 5) is 0. The molecule has 1 aromatic carbocycles. The van der Waals surface area contributed by atoms with Crippen LogP contribution < -0.4 is 4.74 Å². The SMILES string of the molecule is CC=CC1CCC(C2CCC(C3CCC(c4ccc(OCC)c(F)c4F)CC3)OC2)CC1. The minimum atomic E-state index is -0.840. The molecule has 2 unspecified atom stereocenters. The molecule has 0 spiro atoms. The summed E-state index contributed by atoms with van der Waals surface area (Å²) in [5, 5.41) is 0. The highest BCUT2D eigenvalue weighted by atomic mass is 19.2. The maximum absolute atomic E-state index is 14.6. The minimum Gasteiger partial charge on any atom is -0.491 e. The predicted molar refractivity (Wildman–Crippen MR) is 125 cm³/mol. The monoisotopic (exact) mass is 446 g/mol. The normalized spacial score (nSPS) is 34.0. The fourth-order valence-electron chi connectivity index (χ4n) is 6.55. The van der Waals surface area contributed by atoms with Crippen LogP contribution in [0.2, 0.25) is 0 Å². The molecular formula is C28H40F2O2. The predicted octanol–water partition coefficient (Wildman–Crippen LogP) is 7.82. The molecule has 1 saturated heterocycles. The van der Waals surface area contributed by atoms with Crippen LogP contribution >= 0.6 is 0 Å². The van der Waals surface area contributed by atoms with Crippen molar-refractivity contribution in [3.8, 4) is 5.75 Å². The Kier molecular flexibility index (Phi) is 8.26. The number of halogens is 2. The third kappa shape index (κ3) is 5.38. The summed E-state index contributed by atoms with van der Waals surface area (Å²) in [6.45, 7) is 5.15. The smallest absolute Gasteiger partial charge is 0.200 e. The molecule has 4 rings (SSSR count). The Balaban J connectivity index is 1.24. The molecule has 0 N–H and O–H groups in total. The molecule has 0 bridgehead atoms. The van der Waals surface area contributed by atoms with Gasteiger partial charge in [-0.3, -0.25) is 0 Å². The summed E-state index contributed by atoms with van der Waals surface area (Å²) in [6, 6.07) is 3.31. The largest absolute Gasteiger partial charge is 0.491 e. The zero-order chi connectivity index (χ0) is 22.5. The highest BCUT2D eigenvalue weighted by Gasteiger charge is 2.36. The Hall–Kier alpha value is -1.42. The van der Waals surface area contributed by atoms with E-state index in [0.717, 1.165) is 50.0 Å². The number of benzene rings is 1. The van der Waals surface area contributed by atoms with E-state index in [0.29, 0.717) is 24.2 Å². The van der Waals surface area contributed by atoms with E-state index in [9.17, 15) is 8.78 Å². The second kappa shape index (κ2) is 11.1. The zero-order valence-electron chi connectivity index (χ0n) is 19.8. The molecule has 4 heteroatoms. The van der Waals surface area contributed by atoms with Crippen molar-refractivity contribution in [2.45, 2.75) is 90.1 Å². The van der Waals surface area contributed by atoms with Gasteiger partial charge in [0.15, 0.2) is 11.6 Å². The average Bonchev–Trinajstić information content (AvgIpc) is 2.83. The number of rotatable bonds is 6. The van der Waals surface area contributed by atoms with Crippen molar-refractivity contribution in [1.82, 2.24) is 0 Å². The zero-order valence-corrected chi connectivity index (χ0v) is 19.8. The van der Waals surface area contributed by atoms with Gasteiger partial charge in [-0.05, 0) is 119 Å². The molecule has 1 aliphatic heterocycles. The lowest BCUT2D eigenvalue weighted by Crippen LogP contribution is -2.37. The molecule has 2 aliphatic carbocycles. The van der Waals surface area contributed by atoms with Crippen LogP contribution in [0.1, 0.15) is 89.5 Å². The fourth-order valence-corrected chi connectivity index (χ4v) is 6.55. The lowest BCUT2D eigenvalue weighted by molar-refractivity contribution is -0.0719. The van der Waals surface area contributed by atoms with E-state index in [1.807, 2.05) is 0 Å². The van der Waals surface area contributed by atoms with Gasteiger partial charge in [-0.2, -0.15) is 4.39 Å². The lowest BCUT2D eigenvalue weighted by atomic mass is 9.71. The van der Waals surface area contributed by atoms with Gasteiger partial charge in [0.1, 0.15) is 0 Å². The van der Waals surface area contributed by atoms with Gasteiger partial charge in [0.25, 0.3) is 0 Å². The van der Waals surface area contributed by atoms with E-state index in [-0.39, 0.29) is 11.7 Å². The Morgan fingerprint density at radius 2 is 1.56 bits per heavy atom. The molecule has 2 saturated carbocycles. The van der Waals surface area contributed by atoms with Gasteiger partial charge in [-0.1, -0.05) is 18.2 Å². The van der Waals surface area contributed by atoms with Crippen LogP contribution in [0.25, 0.3) is 0 Å². The van der Waals surface area contributed by atoms with Gasteiger partial charge in [0.05, 0.1) is 19.3 Å². The van der Waals surface area contributed by atoms with E-state index < -0.39 is 11.6 Å². The van der Waals surface area contributed by atoms with Crippen molar-refractivity contribution in [2.75, 3.05) is 13.2 Å². The van der Waals surface area contributed by atoms with E-state index in [1.165, 1.54) is 38.5 Å². The quantitative estimate of drug-likeness (QED) is 0.415. The van der Waals surface area contributed by atoms with Crippen molar-refractivity contribution in [2.24, 2.45) is 23.7 Å². The van der Waals surface area contributed by atoms with E-state index in [1.54, 1.807) is 19.1 Å². The molecular weight excluding hydrogens is 406 g/mol. The molecule has 0 aromatic heterocycles. The van der Waals surface area contributed by atoms with Crippen molar-refractivity contribution in [1.29, 1.82) is 0 Å². The molecule has 2 nitrogen and oxygen atoms in total. The van der Waals surface area contributed by atoms with Crippen LogP contribution in [-0.2, 0) is 4.74 Å². The van der Waals surface area contributed by atoms with Crippen LogP contribution in [0, 0.1) is 35.3 Å². The highest BCUT2D eigenvalue weighted by Crippen LogP contribution is 2.44. The number of hydrogen-bond acceptors (Lipinski definition) is 2. The van der Waals surface area contributed by atoms with Crippen molar-refractivity contribution < 1.29 is 18.3 Å². The first-order valence-corrected chi connectivity index (χ1v) is 13.0. The van der Waals surface area contributed by atoms with Crippen LogP contribution in [0.5, 0.6) is 5.75 Å². The van der Waals surface area contributed by atoms with Crippen molar-refractivity contribution in [3.63, 3.8) is 0 Å². The number of allylic oxidation sites excluding steroid dienone is 2. The topological polar surface area (TPSA) is 18.5 Å². The van der Waals surface area contributed by atoms with E-state index in [2.05, 4.69) is 19.1 Å². The van der Waals surface area contributed by atoms with Gasteiger partial charge in [0, 0.05) is 0 Å². The molecule has 1 aromatic rings. The number of ether oxygens (including phenoxy) is 2.